The molecule has 0 fully saturated rings. The highest BCUT2D eigenvalue weighted by atomic mass is 16.5. The molecule has 0 aliphatic heterocycles. The van der Waals surface area contributed by atoms with Gasteiger partial charge < -0.3 is 20.2 Å². The number of nitrogens with one attached hydrogen (secondary N) is 1. The number of nitrogens with two attached hydrogens (primary N) is 1. The third-order valence-electron chi connectivity index (χ3n) is 2.43. The highest BCUT2D eigenvalue weighted by molar-refractivity contribution is 5.97. The van der Waals surface area contributed by atoms with E-state index in [-0.39, 0.29) is 12.5 Å². The Labute approximate surface area is 105 Å². The second kappa shape index (κ2) is 5.27. The summed E-state index contributed by atoms with van der Waals surface area (Å²) in [6.07, 6.45) is 1.57. The van der Waals surface area contributed by atoms with E-state index in [2.05, 4.69) is 5.32 Å². The fraction of sp³-hybridized carbons (Fsp3) is 0.154. The third kappa shape index (κ3) is 2.63. The quantitative estimate of drug-likeness (QED) is 0.806. The van der Waals surface area contributed by atoms with Crippen molar-refractivity contribution in [2.75, 3.05) is 12.8 Å². The minimum Gasteiger partial charge on any atom is -0.485 e. The SMILES string of the molecule is CNC(=O)c1ccc(N)cc1OCc1ccco1. The van der Waals surface area contributed by atoms with Gasteiger partial charge in [-0.2, -0.15) is 0 Å². The Bertz CT molecular complexity index is 535. The maximum atomic E-state index is 11.7. The molecule has 5 heteroatoms. The molecule has 1 heterocycles. The van der Waals surface area contributed by atoms with E-state index in [1.54, 1.807) is 43.6 Å². The first-order chi connectivity index (χ1) is 8.70. The molecule has 1 aromatic heterocycles. The van der Waals surface area contributed by atoms with Gasteiger partial charge in [0.05, 0.1) is 11.8 Å². The molecule has 0 spiro atoms. The van der Waals surface area contributed by atoms with Crippen molar-refractivity contribution in [3.63, 3.8) is 0 Å². The van der Waals surface area contributed by atoms with Gasteiger partial charge in [0.1, 0.15) is 18.1 Å². The minimum atomic E-state index is -0.218. The van der Waals surface area contributed by atoms with Gasteiger partial charge in [0.2, 0.25) is 0 Å². The summed E-state index contributed by atoms with van der Waals surface area (Å²) in [6, 6.07) is 8.48. The van der Waals surface area contributed by atoms with E-state index in [9.17, 15) is 4.79 Å². The molecule has 2 aromatic rings. The lowest BCUT2D eigenvalue weighted by atomic mass is 10.1. The Morgan fingerprint density at radius 3 is 2.94 bits per heavy atom. The number of hydrogen-bond acceptors (Lipinski definition) is 4. The number of rotatable bonds is 4. The first kappa shape index (κ1) is 12.0. The normalized spacial score (nSPS) is 10.1. The van der Waals surface area contributed by atoms with E-state index in [4.69, 9.17) is 14.9 Å². The van der Waals surface area contributed by atoms with Crippen LogP contribution >= 0.6 is 0 Å². The first-order valence-corrected chi connectivity index (χ1v) is 5.47. The van der Waals surface area contributed by atoms with Crippen molar-refractivity contribution >= 4 is 11.6 Å². The summed E-state index contributed by atoms with van der Waals surface area (Å²) in [6.45, 7) is 0.250. The molecule has 2 rings (SSSR count). The van der Waals surface area contributed by atoms with Gasteiger partial charge >= 0.3 is 0 Å². The fourth-order valence-electron chi connectivity index (χ4n) is 1.52. The number of furan rings is 1. The second-order valence-electron chi connectivity index (χ2n) is 3.70. The molecule has 0 unspecified atom stereocenters. The van der Waals surface area contributed by atoms with Crippen molar-refractivity contribution in [2.24, 2.45) is 0 Å². The maximum Gasteiger partial charge on any atom is 0.254 e. The summed E-state index contributed by atoms with van der Waals surface area (Å²) in [7, 11) is 1.56. The number of anilines is 1. The Balaban J connectivity index is 2.19. The number of carbonyl (C=O) groups is 1. The summed E-state index contributed by atoms with van der Waals surface area (Å²) in [5.41, 5.74) is 6.66. The summed E-state index contributed by atoms with van der Waals surface area (Å²) < 4.78 is 10.7. The molecule has 1 amide bonds. The second-order valence-corrected chi connectivity index (χ2v) is 3.70. The molecule has 0 aliphatic rings. The largest absolute Gasteiger partial charge is 0.485 e. The van der Waals surface area contributed by atoms with Crippen LogP contribution < -0.4 is 15.8 Å². The van der Waals surface area contributed by atoms with Gasteiger partial charge in [-0.3, -0.25) is 4.79 Å². The van der Waals surface area contributed by atoms with Crippen molar-refractivity contribution in [1.82, 2.24) is 5.32 Å². The van der Waals surface area contributed by atoms with Crippen LogP contribution in [0.1, 0.15) is 16.1 Å². The molecule has 0 atom stereocenters. The van der Waals surface area contributed by atoms with Gasteiger partial charge in [0.15, 0.2) is 0 Å². The Morgan fingerprint density at radius 1 is 1.44 bits per heavy atom. The van der Waals surface area contributed by atoms with E-state index in [0.717, 1.165) is 0 Å². The lowest BCUT2D eigenvalue weighted by Gasteiger charge is -2.10. The molecule has 1 aromatic carbocycles. The van der Waals surface area contributed by atoms with Gasteiger partial charge in [-0.15, -0.1) is 0 Å². The average molecular weight is 246 g/mol. The van der Waals surface area contributed by atoms with Crippen LogP contribution in [0, 0.1) is 0 Å². The number of amides is 1. The predicted molar refractivity (Wildman–Crippen MR) is 67.3 cm³/mol. The Morgan fingerprint density at radius 2 is 2.28 bits per heavy atom. The first-order valence-electron chi connectivity index (χ1n) is 5.47. The van der Waals surface area contributed by atoms with Gasteiger partial charge in [0, 0.05) is 18.8 Å². The standard InChI is InChI=1S/C13H14N2O3/c1-15-13(16)11-5-4-9(14)7-12(11)18-8-10-3-2-6-17-10/h2-7H,8,14H2,1H3,(H,15,16). The van der Waals surface area contributed by atoms with Gasteiger partial charge in [-0.25, -0.2) is 0 Å². The number of ether oxygens (including phenoxy) is 1. The van der Waals surface area contributed by atoms with Crippen LogP contribution in [0.2, 0.25) is 0 Å². The van der Waals surface area contributed by atoms with Gasteiger partial charge in [-0.1, -0.05) is 0 Å². The van der Waals surface area contributed by atoms with Crippen LogP contribution in [0.3, 0.4) is 0 Å². The van der Waals surface area contributed by atoms with E-state index in [0.29, 0.717) is 22.8 Å². The minimum absolute atomic E-state index is 0.218. The highest BCUT2D eigenvalue weighted by Crippen LogP contribution is 2.23. The molecule has 94 valence electrons. The van der Waals surface area contributed by atoms with Crippen molar-refractivity contribution in [3.8, 4) is 5.75 Å². The third-order valence-corrected chi connectivity index (χ3v) is 2.43. The number of carbonyl (C=O) groups excluding carboxylic acids is 1. The molecular weight excluding hydrogens is 232 g/mol. The summed E-state index contributed by atoms with van der Waals surface area (Å²) in [4.78, 5) is 11.7. The summed E-state index contributed by atoms with van der Waals surface area (Å²) in [5, 5.41) is 2.55. The molecule has 0 radical (unpaired) electrons. The van der Waals surface area contributed by atoms with Gasteiger partial charge in [-0.05, 0) is 24.3 Å². The smallest absolute Gasteiger partial charge is 0.254 e. The molecule has 0 bridgehead atoms. The molecule has 0 saturated carbocycles. The predicted octanol–water partition coefficient (Wildman–Crippen LogP) is 1.80. The zero-order valence-corrected chi connectivity index (χ0v) is 9.97. The molecule has 5 nitrogen and oxygen atoms in total. The highest BCUT2D eigenvalue weighted by Gasteiger charge is 2.12. The van der Waals surface area contributed by atoms with E-state index in [1.165, 1.54) is 0 Å². The Hall–Kier alpha value is -2.43. The van der Waals surface area contributed by atoms with Crippen LogP contribution in [-0.4, -0.2) is 13.0 Å². The molecule has 3 N–H and O–H groups in total. The van der Waals surface area contributed by atoms with Crippen LogP contribution in [0.5, 0.6) is 5.75 Å². The van der Waals surface area contributed by atoms with Crippen molar-refractivity contribution in [3.05, 3.63) is 47.9 Å². The fourth-order valence-corrected chi connectivity index (χ4v) is 1.52. The number of nitrogen functional groups attached to an aromatic ring is 1. The number of benzene rings is 1. The van der Waals surface area contributed by atoms with Crippen LogP contribution in [-0.2, 0) is 6.61 Å². The maximum absolute atomic E-state index is 11.7. The lowest BCUT2D eigenvalue weighted by Crippen LogP contribution is -2.19. The lowest BCUT2D eigenvalue weighted by molar-refractivity contribution is 0.0958. The van der Waals surface area contributed by atoms with E-state index < -0.39 is 0 Å². The van der Waals surface area contributed by atoms with Gasteiger partial charge in [0.25, 0.3) is 5.91 Å². The zero-order chi connectivity index (χ0) is 13.0. The van der Waals surface area contributed by atoms with E-state index in [1.807, 2.05) is 0 Å². The topological polar surface area (TPSA) is 77.5 Å². The molecular formula is C13H14N2O3. The monoisotopic (exact) mass is 246 g/mol. The van der Waals surface area contributed by atoms with Crippen molar-refractivity contribution in [2.45, 2.75) is 6.61 Å². The number of hydrogen-bond donors (Lipinski definition) is 2. The van der Waals surface area contributed by atoms with Crippen molar-refractivity contribution < 1.29 is 13.9 Å². The van der Waals surface area contributed by atoms with Crippen LogP contribution in [0.25, 0.3) is 0 Å². The van der Waals surface area contributed by atoms with Crippen molar-refractivity contribution in [1.29, 1.82) is 0 Å². The Kier molecular flexibility index (Phi) is 3.52. The van der Waals surface area contributed by atoms with E-state index >= 15 is 0 Å². The zero-order valence-electron chi connectivity index (χ0n) is 9.97. The molecule has 0 saturated heterocycles. The van der Waals surface area contributed by atoms with Crippen LogP contribution in [0.4, 0.5) is 5.69 Å². The average Bonchev–Trinajstić information content (AvgIpc) is 2.88. The summed E-state index contributed by atoms with van der Waals surface area (Å²) in [5.74, 6) is 0.899. The molecule has 18 heavy (non-hydrogen) atoms. The summed E-state index contributed by atoms with van der Waals surface area (Å²) >= 11 is 0. The molecule has 0 aliphatic carbocycles. The van der Waals surface area contributed by atoms with Crippen LogP contribution in [0.15, 0.2) is 41.0 Å².